The first-order valence-electron chi connectivity index (χ1n) is 13.8. The molecular formula is C32H28BrNO5. The second kappa shape index (κ2) is 9.12. The van der Waals surface area contributed by atoms with Crippen molar-refractivity contribution in [1.82, 2.24) is 4.90 Å². The first-order chi connectivity index (χ1) is 18.9. The van der Waals surface area contributed by atoms with Gasteiger partial charge in [-0.1, -0.05) is 67.3 Å². The SMILES string of the molecule is O=C1C=C(Br)C(=O)C2=C1C(c1ccc3ccccc3c1O)C1=CCC3C(=O)N(C4CCCCC4)C(=O)C3C1C2. The van der Waals surface area contributed by atoms with Gasteiger partial charge in [-0.15, -0.1) is 0 Å². The molecule has 4 aliphatic carbocycles. The Morgan fingerprint density at radius 2 is 1.67 bits per heavy atom. The van der Waals surface area contributed by atoms with Crippen molar-refractivity contribution in [2.75, 3.05) is 0 Å². The number of hydrogen-bond donors (Lipinski definition) is 1. The van der Waals surface area contributed by atoms with Crippen LogP contribution in [0.2, 0.25) is 0 Å². The maximum absolute atomic E-state index is 14.0. The van der Waals surface area contributed by atoms with Crippen LogP contribution in [0.25, 0.3) is 10.8 Å². The summed E-state index contributed by atoms with van der Waals surface area (Å²) in [5.74, 6) is -2.76. The molecule has 0 bridgehead atoms. The molecule has 1 heterocycles. The number of aromatic hydroxyl groups is 1. The Balaban J connectivity index is 1.38. The van der Waals surface area contributed by atoms with E-state index in [9.17, 15) is 24.3 Å². The zero-order valence-corrected chi connectivity index (χ0v) is 22.9. The highest BCUT2D eigenvalue weighted by atomic mass is 79.9. The Morgan fingerprint density at radius 1 is 0.897 bits per heavy atom. The van der Waals surface area contributed by atoms with Gasteiger partial charge in [0.2, 0.25) is 11.8 Å². The number of allylic oxidation sites excluding steroid dienone is 6. The van der Waals surface area contributed by atoms with Gasteiger partial charge in [-0.3, -0.25) is 24.1 Å². The van der Waals surface area contributed by atoms with Crippen molar-refractivity contribution in [1.29, 1.82) is 0 Å². The largest absolute Gasteiger partial charge is 0.507 e. The minimum atomic E-state index is -0.663. The van der Waals surface area contributed by atoms with Crippen LogP contribution in [0, 0.1) is 17.8 Å². The monoisotopic (exact) mass is 585 g/mol. The van der Waals surface area contributed by atoms with E-state index in [-0.39, 0.29) is 46.1 Å². The van der Waals surface area contributed by atoms with Crippen LogP contribution in [0.1, 0.15) is 56.4 Å². The summed E-state index contributed by atoms with van der Waals surface area (Å²) < 4.78 is 0.199. The number of rotatable bonds is 2. The Labute approximate surface area is 234 Å². The molecule has 0 aromatic heterocycles. The van der Waals surface area contributed by atoms with Gasteiger partial charge in [0, 0.05) is 40.1 Å². The van der Waals surface area contributed by atoms with E-state index < -0.39 is 23.7 Å². The van der Waals surface area contributed by atoms with Crippen LogP contribution < -0.4 is 0 Å². The number of nitrogens with zero attached hydrogens (tertiary/aromatic N) is 1. The summed E-state index contributed by atoms with van der Waals surface area (Å²) in [5, 5.41) is 13.0. The van der Waals surface area contributed by atoms with E-state index in [1.807, 2.05) is 42.5 Å². The van der Waals surface area contributed by atoms with Gasteiger partial charge in [0.15, 0.2) is 11.6 Å². The molecule has 7 rings (SSSR count). The number of carbonyl (C=O) groups excluding carboxylic acids is 4. The molecule has 1 saturated carbocycles. The summed E-state index contributed by atoms with van der Waals surface area (Å²) in [4.78, 5) is 56.1. The van der Waals surface area contributed by atoms with Crippen LogP contribution in [0.3, 0.4) is 0 Å². The van der Waals surface area contributed by atoms with Crippen molar-refractivity contribution in [2.24, 2.45) is 17.8 Å². The van der Waals surface area contributed by atoms with Crippen LogP contribution in [-0.2, 0) is 19.2 Å². The predicted octanol–water partition coefficient (Wildman–Crippen LogP) is 5.64. The number of benzene rings is 2. The molecule has 0 spiro atoms. The highest BCUT2D eigenvalue weighted by Gasteiger charge is 2.57. The molecule has 4 atom stereocenters. The zero-order chi connectivity index (χ0) is 27.0. The lowest BCUT2D eigenvalue weighted by molar-refractivity contribution is -0.143. The molecule has 1 N–H and O–H groups in total. The van der Waals surface area contributed by atoms with E-state index in [0.29, 0.717) is 28.5 Å². The van der Waals surface area contributed by atoms with Gasteiger partial charge in [-0.25, -0.2) is 0 Å². The van der Waals surface area contributed by atoms with Gasteiger partial charge >= 0.3 is 0 Å². The van der Waals surface area contributed by atoms with E-state index in [0.717, 1.165) is 43.1 Å². The summed E-state index contributed by atoms with van der Waals surface area (Å²) in [6.45, 7) is 0. The van der Waals surface area contributed by atoms with Crippen LogP contribution >= 0.6 is 15.9 Å². The molecular weight excluding hydrogens is 558 g/mol. The number of imide groups is 1. The molecule has 1 aliphatic heterocycles. The summed E-state index contributed by atoms with van der Waals surface area (Å²) in [6, 6.07) is 11.2. The Hall–Kier alpha value is -3.32. The molecule has 0 radical (unpaired) electrons. The number of phenolic OH excluding ortho intramolecular Hbond substituents is 1. The number of hydrogen-bond acceptors (Lipinski definition) is 5. The number of halogens is 1. The molecule has 2 fully saturated rings. The van der Waals surface area contributed by atoms with Crippen molar-refractivity contribution >= 4 is 50.1 Å². The van der Waals surface area contributed by atoms with Crippen molar-refractivity contribution in [3.63, 3.8) is 0 Å². The highest BCUT2D eigenvalue weighted by Crippen LogP contribution is 2.57. The number of phenols is 1. The van der Waals surface area contributed by atoms with E-state index >= 15 is 0 Å². The number of fused-ring (bicyclic) bond motifs is 4. The topological polar surface area (TPSA) is 91.8 Å². The summed E-state index contributed by atoms with van der Waals surface area (Å²) in [5.41, 5.74) is 2.16. The fraction of sp³-hybridized carbons (Fsp3) is 0.375. The van der Waals surface area contributed by atoms with E-state index in [1.165, 1.54) is 6.08 Å². The smallest absolute Gasteiger partial charge is 0.233 e. The molecule has 4 unspecified atom stereocenters. The average molecular weight is 586 g/mol. The molecule has 5 aliphatic rings. The summed E-state index contributed by atoms with van der Waals surface area (Å²) >= 11 is 3.27. The van der Waals surface area contributed by atoms with E-state index in [2.05, 4.69) is 15.9 Å². The van der Waals surface area contributed by atoms with Gasteiger partial charge in [0.1, 0.15) is 5.75 Å². The number of amides is 2. The number of carbonyl (C=O) groups is 4. The molecule has 6 nitrogen and oxygen atoms in total. The fourth-order valence-corrected chi connectivity index (χ4v) is 8.24. The van der Waals surface area contributed by atoms with Gasteiger partial charge in [-0.2, -0.15) is 0 Å². The van der Waals surface area contributed by atoms with Crippen LogP contribution in [0.15, 0.2) is 69.8 Å². The average Bonchev–Trinajstić information content (AvgIpc) is 3.21. The Bertz CT molecular complexity index is 1580. The minimum absolute atomic E-state index is 0.0542. The lowest BCUT2D eigenvalue weighted by atomic mass is 9.59. The lowest BCUT2D eigenvalue weighted by Gasteiger charge is -2.42. The van der Waals surface area contributed by atoms with Crippen molar-refractivity contribution in [3.8, 4) is 5.75 Å². The molecule has 1 saturated heterocycles. The molecule has 2 aromatic rings. The summed E-state index contributed by atoms with van der Waals surface area (Å²) in [6.07, 6.45) is 8.81. The van der Waals surface area contributed by atoms with Crippen LogP contribution in [0.5, 0.6) is 5.75 Å². The maximum Gasteiger partial charge on any atom is 0.233 e. The van der Waals surface area contributed by atoms with Gasteiger partial charge in [0.25, 0.3) is 0 Å². The van der Waals surface area contributed by atoms with Crippen molar-refractivity contribution in [2.45, 2.75) is 56.9 Å². The zero-order valence-electron chi connectivity index (χ0n) is 21.4. The van der Waals surface area contributed by atoms with Gasteiger partial charge in [-0.05, 0) is 52.9 Å². The third-order valence-electron chi connectivity index (χ3n) is 9.55. The Morgan fingerprint density at radius 3 is 2.46 bits per heavy atom. The molecule has 2 aromatic carbocycles. The standard InChI is InChI=1S/C32H28BrNO5/c33-24-15-25(35)28-23(30(24)37)14-22-19(26(28)20-11-10-16-6-4-5-9-18(16)29(20)36)12-13-21-27(22)32(39)34(31(21)38)17-7-2-1-3-8-17/h4-6,9-12,15,17,21-22,26-27,36H,1-3,7-8,13-14H2. The predicted molar refractivity (Wildman–Crippen MR) is 149 cm³/mol. The summed E-state index contributed by atoms with van der Waals surface area (Å²) in [7, 11) is 0. The first kappa shape index (κ1) is 24.7. The first-order valence-corrected chi connectivity index (χ1v) is 14.6. The second-order valence-electron chi connectivity index (χ2n) is 11.5. The van der Waals surface area contributed by atoms with Gasteiger partial charge in [0.05, 0.1) is 16.3 Å². The maximum atomic E-state index is 14.0. The highest BCUT2D eigenvalue weighted by molar-refractivity contribution is 9.12. The van der Waals surface area contributed by atoms with Crippen LogP contribution in [-0.4, -0.2) is 39.4 Å². The van der Waals surface area contributed by atoms with E-state index in [4.69, 9.17) is 0 Å². The second-order valence-corrected chi connectivity index (χ2v) is 12.3. The lowest BCUT2D eigenvalue weighted by Crippen LogP contribution is -2.43. The number of Topliss-reactive ketones (excluding diaryl/α,β-unsaturated/α-hetero) is 1. The normalized spacial score (nSPS) is 29.3. The Kier molecular flexibility index (Phi) is 5.78. The third kappa shape index (κ3) is 3.58. The molecule has 7 heteroatoms. The third-order valence-corrected chi connectivity index (χ3v) is 10.1. The van der Waals surface area contributed by atoms with Crippen molar-refractivity contribution < 1.29 is 24.3 Å². The molecule has 39 heavy (non-hydrogen) atoms. The van der Waals surface area contributed by atoms with Crippen molar-refractivity contribution in [3.05, 3.63) is 75.3 Å². The quantitative estimate of drug-likeness (QED) is 0.280. The molecule has 198 valence electrons. The van der Waals surface area contributed by atoms with Gasteiger partial charge < -0.3 is 5.11 Å². The number of ketones is 2. The van der Waals surface area contributed by atoms with Crippen LogP contribution in [0.4, 0.5) is 0 Å². The van der Waals surface area contributed by atoms with E-state index in [1.54, 1.807) is 4.90 Å². The number of likely N-dealkylation sites (tertiary alicyclic amines) is 1. The molecule has 2 amide bonds. The minimum Gasteiger partial charge on any atom is -0.507 e. The fourth-order valence-electron chi connectivity index (χ4n) is 7.79.